The number of esters is 1. The molecule has 0 aromatic rings. The van der Waals surface area contributed by atoms with Crippen molar-refractivity contribution < 1.29 is 19.1 Å². The van der Waals surface area contributed by atoms with Gasteiger partial charge in [-0.3, -0.25) is 9.69 Å². The lowest BCUT2D eigenvalue weighted by Gasteiger charge is -2.10. The van der Waals surface area contributed by atoms with Crippen LogP contribution in [0, 0.1) is 0 Å². The normalized spacial score (nSPS) is 16.4. The molecule has 1 fully saturated rings. The van der Waals surface area contributed by atoms with Crippen molar-refractivity contribution in [3.8, 4) is 0 Å². The molecule has 1 aliphatic heterocycles. The minimum atomic E-state index is -0.477. The lowest BCUT2D eigenvalue weighted by atomic mass is 10.4. The lowest BCUT2D eigenvalue weighted by molar-refractivity contribution is -0.137. The summed E-state index contributed by atoms with van der Waals surface area (Å²) >= 11 is 0. The monoisotopic (exact) mass is 226 g/mol. The maximum atomic E-state index is 11.4. The van der Waals surface area contributed by atoms with Gasteiger partial charge in [0, 0.05) is 19.7 Å². The zero-order valence-electron chi connectivity index (χ0n) is 9.30. The number of urea groups is 1. The zero-order valence-corrected chi connectivity index (χ0v) is 9.30. The number of nitrogens with zero attached hydrogens (tertiary/aromatic N) is 2. The van der Waals surface area contributed by atoms with Gasteiger partial charge in [0.15, 0.2) is 0 Å². The molecule has 1 rings (SSSR count). The first-order valence-electron chi connectivity index (χ1n) is 4.95. The Morgan fingerprint density at radius 3 is 2.69 bits per heavy atom. The van der Waals surface area contributed by atoms with Gasteiger partial charge < -0.3 is 9.64 Å². The number of amides is 3. The highest BCUT2D eigenvalue weighted by molar-refractivity contribution is 6.02. The van der Waals surface area contributed by atoms with E-state index < -0.39 is 5.97 Å². The lowest BCUT2D eigenvalue weighted by Crippen LogP contribution is -2.31. The molecule has 0 aromatic heterocycles. The zero-order chi connectivity index (χ0) is 12.1. The molecule has 0 saturated carbocycles. The molecule has 1 heterocycles. The van der Waals surface area contributed by atoms with E-state index in [0.717, 1.165) is 4.90 Å². The van der Waals surface area contributed by atoms with Crippen molar-refractivity contribution in [2.45, 2.75) is 6.92 Å². The van der Waals surface area contributed by atoms with E-state index >= 15 is 0 Å². The summed E-state index contributed by atoms with van der Waals surface area (Å²) in [6.45, 7) is 2.19. The Kier molecular flexibility index (Phi) is 4.04. The average molecular weight is 226 g/mol. The summed E-state index contributed by atoms with van der Waals surface area (Å²) < 4.78 is 4.66. The molecule has 0 bridgehead atoms. The van der Waals surface area contributed by atoms with Crippen LogP contribution < -0.4 is 0 Å². The first-order valence-corrected chi connectivity index (χ1v) is 4.95. The summed E-state index contributed by atoms with van der Waals surface area (Å²) in [6.07, 6.45) is 2.65. The third-order valence-corrected chi connectivity index (χ3v) is 2.06. The van der Waals surface area contributed by atoms with Gasteiger partial charge in [-0.2, -0.15) is 0 Å². The molecule has 3 amide bonds. The molecule has 0 radical (unpaired) electrons. The van der Waals surface area contributed by atoms with Crippen LogP contribution in [-0.2, 0) is 14.3 Å². The Morgan fingerprint density at radius 1 is 1.50 bits per heavy atom. The van der Waals surface area contributed by atoms with Gasteiger partial charge in [0.2, 0.25) is 0 Å². The Bertz CT molecular complexity index is 338. The molecule has 88 valence electrons. The summed E-state index contributed by atoms with van der Waals surface area (Å²) in [7, 11) is 1.55. The van der Waals surface area contributed by atoms with Crippen molar-refractivity contribution in [3.63, 3.8) is 0 Å². The molecular formula is C10H14N2O4. The second-order valence-electron chi connectivity index (χ2n) is 3.30. The Morgan fingerprint density at radius 2 is 2.19 bits per heavy atom. The van der Waals surface area contributed by atoms with Crippen molar-refractivity contribution >= 4 is 17.9 Å². The molecule has 0 unspecified atom stereocenters. The van der Waals surface area contributed by atoms with Gasteiger partial charge in [0.25, 0.3) is 5.91 Å². The second-order valence-corrected chi connectivity index (χ2v) is 3.30. The molecule has 6 heteroatoms. The first-order chi connectivity index (χ1) is 7.56. The average Bonchev–Trinajstić information content (AvgIpc) is 2.45. The molecule has 1 aliphatic rings. The Labute approximate surface area is 93.4 Å². The van der Waals surface area contributed by atoms with Gasteiger partial charge in [0.05, 0.1) is 6.61 Å². The first kappa shape index (κ1) is 12.2. The van der Waals surface area contributed by atoms with E-state index in [2.05, 4.69) is 4.74 Å². The van der Waals surface area contributed by atoms with E-state index in [4.69, 9.17) is 0 Å². The van der Waals surface area contributed by atoms with Gasteiger partial charge in [-0.1, -0.05) is 6.08 Å². The van der Waals surface area contributed by atoms with Gasteiger partial charge in [-0.15, -0.1) is 0 Å². The van der Waals surface area contributed by atoms with Crippen LogP contribution in [0.5, 0.6) is 0 Å². The standard InChI is InChI=1S/C10H14N2O4/c1-3-16-9(14)5-4-6-12-8(13)7-11(2)10(12)15/h4-5H,3,6-7H2,1-2H3/b5-4+. The van der Waals surface area contributed by atoms with Crippen LogP contribution in [0.3, 0.4) is 0 Å². The van der Waals surface area contributed by atoms with Gasteiger partial charge >= 0.3 is 12.0 Å². The van der Waals surface area contributed by atoms with Gasteiger partial charge in [-0.05, 0) is 6.92 Å². The van der Waals surface area contributed by atoms with Crippen molar-refractivity contribution in [2.75, 3.05) is 26.7 Å². The number of hydrogen-bond acceptors (Lipinski definition) is 4. The quantitative estimate of drug-likeness (QED) is 0.384. The summed E-state index contributed by atoms with van der Waals surface area (Å²) in [6, 6.07) is -0.349. The number of imide groups is 1. The topological polar surface area (TPSA) is 66.9 Å². The molecule has 0 atom stereocenters. The van der Waals surface area contributed by atoms with E-state index in [1.165, 1.54) is 17.1 Å². The smallest absolute Gasteiger partial charge is 0.330 e. The van der Waals surface area contributed by atoms with Crippen molar-refractivity contribution in [2.24, 2.45) is 0 Å². The predicted octanol–water partition coefficient (Wildman–Crippen LogP) is -0.000300. The number of carbonyl (C=O) groups is 3. The van der Waals surface area contributed by atoms with E-state index in [0.29, 0.717) is 6.61 Å². The van der Waals surface area contributed by atoms with Crippen LogP contribution in [0.15, 0.2) is 12.2 Å². The van der Waals surface area contributed by atoms with E-state index in [1.807, 2.05) is 0 Å². The number of rotatable bonds is 4. The van der Waals surface area contributed by atoms with E-state index in [9.17, 15) is 14.4 Å². The largest absolute Gasteiger partial charge is 0.463 e. The van der Waals surface area contributed by atoms with Crippen LogP contribution in [-0.4, -0.2) is 54.5 Å². The highest BCUT2D eigenvalue weighted by Crippen LogP contribution is 2.07. The predicted molar refractivity (Wildman–Crippen MR) is 55.5 cm³/mol. The molecule has 6 nitrogen and oxygen atoms in total. The third kappa shape index (κ3) is 2.82. The molecular weight excluding hydrogens is 212 g/mol. The van der Waals surface area contributed by atoms with E-state index in [1.54, 1.807) is 14.0 Å². The fourth-order valence-electron chi connectivity index (χ4n) is 1.29. The summed E-state index contributed by atoms with van der Waals surface area (Å²) in [5, 5.41) is 0. The van der Waals surface area contributed by atoms with Gasteiger partial charge in [-0.25, -0.2) is 9.59 Å². The second kappa shape index (κ2) is 5.29. The third-order valence-electron chi connectivity index (χ3n) is 2.06. The van der Waals surface area contributed by atoms with Crippen molar-refractivity contribution in [3.05, 3.63) is 12.2 Å². The minimum absolute atomic E-state index is 0.0894. The fourth-order valence-corrected chi connectivity index (χ4v) is 1.29. The SMILES string of the molecule is CCOC(=O)/C=C/CN1C(=O)CN(C)C1=O. The highest BCUT2D eigenvalue weighted by Gasteiger charge is 2.32. The summed E-state index contributed by atoms with van der Waals surface area (Å²) in [4.78, 5) is 36.0. The molecule has 0 spiro atoms. The molecule has 1 saturated heterocycles. The Balaban J connectivity index is 2.46. The van der Waals surface area contributed by atoms with Crippen molar-refractivity contribution in [1.29, 1.82) is 0 Å². The highest BCUT2D eigenvalue weighted by atomic mass is 16.5. The van der Waals surface area contributed by atoms with E-state index in [-0.39, 0.29) is 25.0 Å². The fraction of sp³-hybridized carbons (Fsp3) is 0.500. The Hall–Kier alpha value is -1.85. The minimum Gasteiger partial charge on any atom is -0.463 e. The number of carbonyl (C=O) groups excluding carboxylic acids is 3. The maximum Gasteiger partial charge on any atom is 0.330 e. The molecule has 16 heavy (non-hydrogen) atoms. The van der Waals surface area contributed by atoms with Crippen LogP contribution in [0.4, 0.5) is 4.79 Å². The van der Waals surface area contributed by atoms with Crippen LogP contribution in [0.25, 0.3) is 0 Å². The summed E-state index contributed by atoms with van der Waals surface area (Å²) in [5.74, 6) is -0.740. The number of hydrogen-bond donors (Lipinski definition) is 0. The van der Waals surface area contributed by atoms with Crippen LogP contribution in [0.1, 0.15) is 6.92 Å². The van der Waals surface area contributed by atoms with Crippen LogP contribution >= 0.6 is 0 Å². The molecule has 0 N–H and O–H groups in total. The van der Waals surface area contributed by atoms with Crippen molar-refractivity contribution in [1.82, 2.24) is 9.80 Å². The number of likely N-dealkylation sites (N-methyl/N-ethyl adjacent to an activating group) is 1. The van der Waals surface area contributed by atoms with Gasteiger partial charge in [0.1, 0.15) is 6.54 Å². The maximum absolute atomic E-state index is 11.4. The molecule has 0 aliphatic carbocycles. The summed E-state index contributed by atoms with van der Waals surface area (Å²) in [5.41, 5.74) is 0. The number of ether oxygens (including phenoxy) is 1. The van der Waals surface area contributed by atoms with Crippen LogP contribution in [0.2, 0.25) is 0 Å². The molecule has 0 aromatic carbocycles.